The summed E-state index contributed by atoms with van der Waals surface area (Å²) in [5.41, 5.74) is 4.57. The molecule has 0 bridgehead atoms. The number of aliphatic imine (C=N–C) groups is 1. The molecule has 3 aromatic carbocycles. The maximum absolute atomic E-state index is 5.07. The molecule has 2 heteroatoms. The van der Waals surface area contributed by atoms with Gasteiger partial charge in [-0.15, -0.1) is 11.3 Å². The van der Waals surface area contributed by atoms with Crippen LogP contribution in [0.25, 0.3) is 10.1 Å². The lowest BCUT2D eigenvalue weighted by Gasteiger charge is -2.31. The largest absolute Gasteiger partial charge is 0.255 e. The van der Waals surface area contributed by atoms with Crippen molar-refractivity contribution in [2.45, 2.75) is 12.3 Å². The highest BCUT2D eigenvalue weighted by molar-refractivity contribution is 7.20. The zero-order valence-corrected chi connectivity index (χ0v) is 14.8. The molecular formula is C23H17NS. The molecule has 120 valence electrons. The van der Waals surface area contributed by atoms with E-state index >= 15 is 0 Å². The lowest BCUT2D eigenvalue weighted by atomic mass is 9.71. The summed E-state index contributed by atoms with van der Waals surface area (Å²) in [6.45, 7) is 2.17. The van der Waals surface area contributed by atoms with Crippen LogP contribution in [0.3, 0.4) is 0 Å². The van der Waals surface area contributed by atoms with Crippen LogP contribution in [0.4, 0.5) is 5.69 Å². The van der Waals surface area contributed by atoms with E-state index < -0.39 is 0 Å². The van der Waals surface area contributed by atoms with Gasteiger partial charge in [-0.1, -0.05) is 78.9 Å². The Bertz CT molecular complexity index is 1050. The summed E-state index contributed by atoms with van der Waals surface area (Å²) >= 11 is 1.87. The van der Waals surface area contributed by atoms with E-state index in [1.54, 1.807) is 0 Å². The van der Waals surface area contributed by atoms with Crippen LogP contribution < -0.4 is 0 Å². The van der Waals surface area contributed by atoms with Crippen molar-refractivity contribution in [1.29, 1.82) is 0 Å². The topological polar surface area (TPSA) is 12.4 Å². The van der Waals surface area contributed by atoms with E-state index in [0.717, 1.165) is 11.4 Å². The molecule has 1 nitrogen and oxygen atoms in total. The minimum absolute atomic E-state index is 0.290. The molecule has 0 N–H and O–H groups in total. The van der Waals surface area contributed by atoms with Gasteiger partial charge in [-0.3, -0.25) is 4.99 Å². The lowest BCUT2D eigenvalue weighted by Crippen LogP contribution is -2.33. The van der Waals surface area contributed by atoms with Crippen molar-refractivity contribution < 1.29 is 0 Å². The van der Waals surface area contributed by atoms with Crippen LogP contribution in [-0.2, 0) is 5.41 Å². The molecule has 4 aromatic rings. The van der Waals surface area contributed by atoms with Gasteiger partial charge in [0, 0.05) is 15.8 Å². The fourth-order valence-electron chi connectivity index (χ4n) is 4.04. The molecule has 1 aliphatic heterocycles. The molecule has 2 heterocycles. The van der Waals surface area contributed by atoms with Gasteiger partial charge in [-0.25, -0.2) is 0 Å². The summed E-state index contributed by atoms with van der Waals surface area (Å²) < 4.78 is 1.31. The Morgan fingerprint density at radius 3 is 1.92 bits per heavy atom. The Kier molecular flexibility index (Phi) is 3.16. The average Bonchev–Trinajstić information content (AvgIpc) is 3.16. The molecule has 0 radical (unpaired) electrons. The van der Waals surface area contributed by atoms with Crippen LogP contribution in [0.5, 0.6) is 0 Å². The second kappa shape index (κ2) is 5.40. The average molecular weight is 339 g/mol. The molecule has 0 amide bonds. The minimum Gasteiger partial charge on any atom is -0.255 e. The molecule has 0 saturated heterocycles. The summed E-state index contributed by atoms with van der Waals surface area (Å²) in [5, 5.41) is 1.26. The van der Waals surface area contributed by atoms with E-state index in [1.165, 1.54) is 26.1 Å². The Labute approximate surface area is 151 Å². The van der Waals surface area contributed by atoms with Crippen molar-refractivity contribution in [2.24, 2.45) is 4.99 Å². The van der Waals surface area contributed by atoms with Gasteiger partial charge >= 0.3 is 0 Å². The number of fused-ring (bicyclic) bond motifs is 3. The predicted molar refractivity (Wildman–Crippen MR) is 107 cm³/mol. The van der Waals surface area contributed by atoms with Crippen LogP contribution in [0.1, 0.15) is 22.9 Å². The summed E-state index contributed by atoms with van der Waals surface area (Å²) in [6, 6.07) is 30.2. The monoisotopic (exact) mass is 339 g/mol. The number of hydrogen-bond donors (Lipinski definition) is 0. The van der Waals surface area contributed by atoms with Gasteiger partial charge in [0.1, 0.15) is 0 Å². The summed E-state index contributed by atoms with van der Waals surface area (Å²) in [7, 11) is 0. The standard InChI is InChI=1S/C23H17NS/c1-16-23(17-10-4-2-5-11-17,18-12-6-3-7-13-18)22-21(24-16)19-14-8-9-15-20(19)25-22/h2-15H,1H3. The zero-order chi connectivity index (χ0) is 16.9. The van der Waals surface area contributed by atoms with Crippen molar-refractivity contribution in [1.82, 2.24) is 0 Å². The van der Waals surface area contributed by atoms with E-state index in [-0.39, 0.29) is 5.41 Å². The second-order valence-corrected chi connectivity index (χ2v) is 7.51. The van der Waals surface area contributed by atoms with Gasteiger partial charge in [0.2, 0.25) is 0 Å². The first-order chi connectivity index (χ1) is 12.3. The number of hydrogen-bond acceptors (Lipinski definition) is 2. The smallest absolute Gasteiger partial charge is 0.0946 e. The van der Waals surface area contributed by atoms with Crippen LogP contribution >= 0.6 is 11.3 Å². The SMILES string of the molecule is CC1=Nc2c(sc3ccccc23)C1(c1ccccc1)c1ccccc1. The van der Waals surface area contributed by atoms with Crippen LogP contribution in [-0.4, -0.2) is 5.71 Å². The fourth-order valence-corrected chi connectivity index (χ4v) is 5.47. The Morgan fingerprint density at radius 1 is 0.720 bits per heavy atom. The Morgan fingerprint density at radius 2 is 1.28 bits per heavy atom. The van der Waals surface area contributed by atoms with Crippen LogP contribution in [0.2, 0.25) is 0 Å². The molecule has 0 unspecified atom stereocenters. The van der Waals surface area contributed by atoms with Gasteiger partial charge in [-0.05, 0) is 24.1 Å². The third-order valence-corrected chi connectivity index (χ3v) is 6.43. The highest BCUT2D eigenvalue weighted by atomic mass is 32.1. The van der Waals surface area contributed by atoms with E-state index in [2.05, 4.69) is 91.9 Å². The van der Waals surface area contributed by atoms with Gasteiger partial charge in [0.15, 0.2) is 0 Å². The third-order valence-electron chi connectivity index (χ3n) is 5.15. The third kappa shape index (κ3) is 1.92. The van der Waals surface area contributed by atoms with Crippen molar-refractivity contribution in [3.8, 4) is 0 Å². The zero-order valence-electron chi connectivity index (χ0n) is 13.9. The van der Waals surface area contributed by atoms with Crippen LogP contribution in [0, 0.1) is 0 Å². The normalized spacial score (nSPS) is 15.2. The number of nitrogens with zero attached hydrogens (tertiary/aromatic N) is 1. The second-order valence-electron chi connectivity index (χ2n) is 6.46. The fraction of sp³-hybridized carbons (Fsp3) is 0.0870. The minimum atomic E-state index is -0.290. The van der Waals surface area contributed by atoms with Crippen molar-refractivity contribution in [2.75, 3.05) is 0 Å². The molecule has 0 fully saturated rings. The molecule has 5 rings (SSSR count). The molecule has 25 heavy (non-hydrogen) atoms. The van der Waals surface area contributed by atoms with Gasteiger partial charge in [-0.2, -0.15) is 0 Å². The molecule has 1 aliphatic rings. The first-order valence-electron chi connectivity index (χ1n) is 8.50. The van der Waals surface area contributed by atoms with E-state index in [1.807, 2.05) is 11.3 Å². The lowest BCUT2D eigenvalue weighted by molar-refractivity contribution is 0.866. The summed E-state index contributed by atoms with van der Waals surface area (Å²) in [6.07, 6.45) is 0. The molecule has 0 spiro atoms. The molecule has 1 aromatic heterocycles. The van der Waals surface area contributed by atoms with E-state index in [9.17, 15) is 0 Å². The van der Waals surface area contributed by atoms with Crippen molar-refractivity contribution in [3.05, 3.63) is 101 Å². The summed E-state index contributed by atoms with van der Waals surface area (Å²) in [4.78, 5) is 6.41. The maximum atomic E-state index is 5.07. The van der Waals surface area contributed by atoms with Crippen molar-refractivity contribution >= 4 is 32.8 Å². The molecule has 0 atom stereocenters. The Hall–Kier alpha value is -2.71. The van der Waals surface area contributed by atoms with E-state index in [4.69, 9.17) is 4.99 Å². The quantitative estimate of drug-likeness (QED) is 0.404. The van der Waals surface area contributed by atoms with Gasteiger partial charge in [0.25, 0.3) is 0 Å². The predicted octanol–water partition coefficient (Wildman–Crippen LogP) is 6.34. The van der Waals surface area contributed by atoms with Crippen LogP contribution in [0.15, 0.2) is 89.9 Å². The number of rotatable bonds is 2. The molecule has 0 saturated carbocycles. The number of benzene rings is 3. The Balaban J connectivity index is 1.92. The maximum Gasteiger partial charge on any atom is 0.0946 e. The number of thiophene rings is 1. The first-order valence-corrected chi connectivity index (χ1v) is 9.32. The molecule has 0 aliphatic carbocycles. The van der Waals surface area contributed by atoms with Gasteiger partial charge in [0.05, 0.1) is 16.0 Å². The van der Waals surface area contributed by atoms with Gasteiger partial charge < -0.3 is 0 Å². The highest BCUT2D eigenvalue weighted by Gasteiger charge is 2.46. The van der Waals surface area contributed by atoms with E-state index in [0.29, 0.717) is 0 Å². The van der Waals surface area contributed by atoms with Crippen molar-refractivity contribution in [3.63, 3.8) is 0 Å². The summed E-state index contributed by atoms with van der Waals surface area (Å²) in [5.74, 6) is 0. The highest BCUT2D eigenvalue weighted by Crippen LogP contribution is 2.55. The first kappa shape index (κ1) is 14.6. The molecular weight excluding hydrogens is 322 g/mol.